The maximum atomic E-state index is 14.2. The SMILES string of the molecule is C=CCOc1ccc(OC(=O)C2CCC(C3CCC4CC(CC/C=C/C)CCC4C3)CC2)cc1F. The van der Waals surface area contributed by atoms with Gasteiger partial charge >= 0.3 is 5.97 Å². The van der Waals surface area contributed by atoms with Gasteiger partial charge in [-0.3, -0.25) is 4.79 Å². The Morgan fingerprint density at radius 3 is 2.40 bits per heavy atom. The molecule has 1 aromatic rings. The van der Waals surface area contributed by atoms with E-state index in [1.165, 1.54) is 63.5 Å². The third-order valence-corrected chi connectivity index (χ3v) is 8.99. The third kappa shape index (κ3) is 6.98. The molecule has 0 spiro atoms. The molecule has 0 aliphatic heterocycles. The molecule has 4 heteroatoms. The summed E-state index contributed by atoms with van der Waals surface area (Å²) in [5, 5.41) is 0. The van der Waals surface area contributed by atoms with E-state index in [0.29, 0.717) is 0 Å². The van der Waals surface area contributed by atoms with Crippen molar-refractivity contribution in [3.8, 4) is 11.5 Å². The Balaban J connectivity index is 1.20. The zero-order chi connectivity index (χ0) is 24.6. The maximum absolute atomic E-state index is 14.2. The van der Waals surface area contributed by atoms with E-state index in [0.717, 1.165) is 55.3 Å². The van der Waals surface area contributed by atoms with Crippen LogP contribution >= 0.6 is 0 Å². The molecule has 0 amide bonds. The summed E-state index contributed by atoms with van der Waals surface area (Å²) in [5.41, 5.74) is 0. The smallest absolute Gasteiger partial charge is 0.314 e. The highest BCUT2D eigenvalue weighted by Gasteiger charge is 2.39. The van der Waals surface area contributed by atoms with Gasteiger partial charge in [-0.15, -0.1) is 0 Å². The summed E-state index contributed by atoms with van der Waals surface area (Å²) in [5.74, 6) is 3.99. The van der Waals surface area contributed by atoms with E-state index in [1.54, 1.807) is 12.1 Å². The monoisotopic (exact) mass is 482 g/mol. The first-order valence-electron chi connectivity index (χ1n) is 13.9. The molecule has 0 bridgehead atoms. The number of allylic oxidation sites excluding steroid dienone is 2. The molecule has 1 aromatic carbocycles. The lowest BCUT2D eigenvalue weighted by Crippen LogP contribution is -2.35. The predicted octanol–water partition coefficient (Wildman–Crippen LogP) is 8.29. The van der Waals surface area contributed by atoms with Crippen LogP contribution in [0.15, 0.2) is 43.0 Å². The Bertz CT molecular complexity index is 870. The van der Waals surface area contributed by atoms with Gasteiger partial charge in [0.1, 0.15) is 12.4 Å². The Morgan fingerprint density at radius 1 is 1.00 bits per heavy atom. The fourth-order valence-electron chi connectivity index (χ4n) is 7.05. The van der Waals surface area contributed by atoms with Crippen LogP contribution in [0.1, 0.15) is 84.0 Å². The quantitative estimate of drug-likeness (QED) is 0.202. The molecule has 0 saturated heterocycles. The number of esters is 1. The highest BCUT2D eigenvalue weighted by Crippen LogP contribution is 2.49. The number of benzene rings is 1. The van der Waals surface area contributed by atoms with Gasteiger partial charge in [0.2, 0.25) is 0 Å². The lowest BCUT2D eigenvalue weighted by Gasteiger charge is -2.45. The van der Waals surface area contributed by atoms with Crippen molar-refractivity contribution in [1.82, 2.24) is 0 Å². The van der Waals surface area contributed by atoms with Gasteiger partial charge in [0.05, 0.1) is 5.92 Å². The maximum Gasteiger partial charge on any atom is 0.314 e. The van der Waals surface area contributed by atoms with Gasteiger partial charge in [0, 0.05) is 6.07 Å². The lowest BCUT2D eigenvalue weighted by atomic mass is 9.60. The van der Waals surface area contributed by atoms with E-state index >= 15 is 0 Å². The van der Waals surface area contributed by atoms with Crippen molar-refractivity contribution in [3.63, 3.8) is 0 Å². The van der Waals surface area contributed by atoms with Gasteiger partial charge in [-0.2, -0.15) is 0 Å². The van der Waals surface area contributed by atoms with Gasteiger partial charge in [0.15, 0.2) is 11.6 Å². The van der Waals surface area contributed by atoms with Crippen molar-refractivity contribution < 1.29 is 18.7 Å². The molecule has 3 aliphatic carbocycles. The van der Waals surface area contributed by atoms with Crippen molar-refractivity contribution in [2.75, 3.05) is 6.61 Å². The molecule has 0 aromatic heterocycles. The fraction of sp³-hybridized carbons (Fsp3) is 0.645. The Hall–Kier alpha value is -2.10. The van der Waals surface area contributed by atoms with Crippen LogP contribution in [-0.4, -0.2) is 12.6 Å². The molecule has 3 aliphatic rings. The largest absolute Gasteiger partial charge is 0.486 e. The number of carbonyl (C=O) groups is 1. The standard InChI is InChI=1S/C31H43FO3/c1-3-5-6-7-22-8-9-27-20-26(15-14-25(27)19-22)23-10-12-24(13-11-23)31(33)35-28-16-17-30(29(32)21-28)34-18-4-2/h3-5,16-17,21-27H,2,6-15,18-20H2,1H3/b5-3+. The van der Waals surface area contributed by atoms with Crippen LogP contribution in [-0.2, 0) is 4.79 Å². The number of fused-ring (bicyclic) bond motifs is 1. The second-order valence-corrected chi connectivity index (χ2v) is 11.1. The summed E-state index contributed by atoms with van der Waals surface area (Å²) in [6.07, 6.45) is 21.2. The van der Waals surface area contributed by atoms with Crippen molar-refractivity contribution >= 4 is 5.97 Å². The zero-order valence-electron chi connectivity index (χ0n) is 21.4. The van der Waals surface area contributed by atoms with Gasteiger partial charge in [-0.25, -0.2) is 4.39 Å². The van der Waals surface area contributed by atoms with Crippen LogP contribution in [0.2, 0.25) is 0 Å². The minimum Gasteiger partial charge on any atom is -0.486 e. The Labute approximate surface area is 211 Å². The van der Waals surface area contributed by atoms with Crippen LogP contribution < -0.4 is 9.47 Å². The molecule has 4 atom stereocenters. The number of halogens is 1. The van der Waals surface area contributed by atoms with E-state index in [4.69, 9.17) is 9.47 Å². The first kappa shape index (κ1) is 26.0. The van der Waals surface area contributed by atoms with E-state index in [1.807, 2.05) is 0 Å². The number of rotatable bonds is 9. The average Bonchev–Trinajstić information content (AvgIpc) is 2.88. The Morgan fingerprint density at radius 2 is 1.69 bits per heavy atom. The van der Waals surface area contributed by atoms with Crippen LogP contribution in [0, 0.1) is 41.3 Å². The molecule has 3 fully saturated rings. The van der Waals surface area contributed by atoms with Crippen LogP contribution in [0.4, 0.5) is 4.39 Å². The molecular formula is C31H43FO3. The molecule has 0 heterocycles. The first-order valence-corrected chi connectivity index (χ1v) is 13.9. The normalized spacial score (nSPS) is 31.0. The third-order valence-electron chi connectivity index (χ3n) is 8.99. The summed E-state index contributed by atoms with van der Waals surface area (Å²) in [4.78, 5) is 12.7. The van der Waals surface area contributed by atoms with E-state index < -0.39 is 5.82 Å². The second kappa shape index (κ2) is 12.7. The van der Waals surface area contributed by atoms with E-state index in [9.17, 15) is 9.18 Å². The highest BCUT2D eigenvalue weighted by molar-refractivity contribution is 5.75. The van der Waals surface area contributed by atoms with Crippen LogP contribution in [0.3, 0.4) is 0 Å². The van der Waals surface area contributed by atoms with Gasteiger partial charge < -0.3 is 9.47 Å². The minimum atomic E-state index is -0.525. The minimum absolute atomic E-state index is 0.0741. The van der Waals surface area contributed by atoms with Crippen LogP contribution in [0.5, 0.6) is 11.5 Å². The summed E-state index contributed by atoms with van der Waals surface area (Å²) < 4.78 is 25.0. The van der Waals surface area contributed by atoms with Gasteiger partial charge in [-0.1, -0.05) is 31.2 Å². The molecule has 4 unspecified atom stereocenters. The van der Waals surface area contributed by atoms with Crippen molar-refractivity contribution in [3.05, 3.63) is 48.8 Å². The molecule has 0 radical (unpaired) electrons. The average molecular weight is 483 g/mol. The first-order chi connectivity index (χ1) is 17.1. The highest BCUT2D eigenvalue weighted by atomic mass is 19.1. The predicted molar refractivity (Wildman–Crippen MR) is 139 cm³/mol. The summed E-state index contributed by atoms with van der Waals surface area (Å²) >= 11 is 0. The molecule has 4 rings (SSSR count). The summed E-state index contributed by atoms with van der Waals surface area (Å²) in [6.45, 7) is 5.92. The molecule has 0 N–H and O–H groups in total. The summed E-state index contributed by atoms with van der Waals surface area (Å²) in [7, 11) is 0. The second-order valence-electron chi connectivity index (χ2n) is 11.1. The van der Waals surface area contributed by atoms with Gasteiger partial charge in [0.25, 0.3) is 0 Å². The van der Waals surface area contributed by atoms with Crippen molar-refractivity contribution in [2.45, 2.75) is 84.0 Å². The Kier molecular flexibility index (Phi) is 9.45. The summed E-state index contributed by atoms with van der Waals surface area (Å²) in [6, 6.07) is 4.33. The van der Waals surface area contributed by atoms with Gasteiger partial charge in [-0.05, 0) is 119 Å². The molecule has 35 heavy (non-hydrogen) atoms. The molecule has 3 nitrogen and oxygen atoms in total. The number of hydrogen-bond acceptors (Lipinski definition) is 3. The fourth-order valence-corrected chi connectivity index (χ4v) is 7.05. The van der Waals surface area contributed by atoms with Crippen molar-refractivity contribution in [1.29, 1.82) is 0 Å². The molecule has 3 saturated carbocycles. The number of ether oxygens (including phenoxy) is 2. The topological polar surface area (TPSA) is 35.5 Å². The lowest BCUT2D eigenvalue weighted by molar-refractivity contribution is -0.140. The zero-order valence-corrected chi connectivity index (χ0v) is 21.4. The number of carbonyl (C=O) groups excluding carboxylic acids is 1. The van der Waals surface area contributed by atoms with Crippen molar-refractivity contribution in [2.24, 2.45) is 35.5 Å². The molecule has 192 valence electrons. The number of hydrogen-bond donors (Lipinski definition) is 0. The van der Waals surface area contributed by atoms with E-state index in [2.05, 4.69) is 25.7 Å². The van der Waals surface area contributed by atoms with E-state index in [-0.39, 0.29) is 30.0 Å². The van der Waals surface area contributed by atoms with Crippen LogP contribution in [0.25, 0.3) is 0 Å². The molecular weight excluding hydrogens is 439 g/mol.